The summed E-state index contributed by atoms with van der Waals surface area (Å²) in [5.74, 6) is 0. The Bertz CT molecular complexity index is 553. The third-order valence-corrected chi connectivity index (χ3v) is 4.33. The molecule has 0 saturated carbocycles. The molecule has 0 spiro atoms. The first-order valence-electron chi connectivity index (χ1n) is 5.19. The molecule has 1 unspecified atom stereocenters. The van der Waals surface area contributed by atoms with Crippen LogP contribution < -0.4 is 0 Å². The molecule has 0 saturated heterocycles. The van der Waals surface area contributed by atoms with Gasteiger partial charge >= 0.3 is 0 Å². The van der Waals surface area contributed by atoms with E-state index in [2.05, 4.69) is 0 Å². The fraction of sp³-hybridized carbons (Fsp3) is 0.167. The average molecular weight is 302 g/mol. The minimum absolute atomic E-state index is 0.0871. The number of nitrogens with zero attached hydrogens (tertiary/aromatic N) is 1. The molecule has 0 aliphatic rings. The highest BCUT2D eigenvalue weighted by atomic mass is 35.5. The highest BCUT2D eigenvalue weighted by molar-refractivity contribution is 7.16. The first-order valence-corrected chi connectivity index (χ1v) is 6.82. The maximum absolute atomic E-state index is 10.5. The zero-order valence-corrected chi connectivity index (χ0v) is 11.5. The van der Waals surface area contributed by atoms with Crippen LogP contribution in [-0.4, -0.2) is 4.92 Å². The number of rotatable bonds is 4. The van der Waals surface area contributed by atoms with Gasteiger partial charge in [-0.2, -0.15) is 0 Å². The molecule has 1 aromatic carbocycles. The van der Waals surface area contributed by atoms with E-state index in [4.69, 9.17) is 23.2 Å². The van der Waals surface area contributed by atoms with Gasteiger partial charge in [-0.3, -0.25) is 10.1 Å². The lowest BCUT2D eigenvalue weighted by Gasteiger charge is -2.06. The van der Waals surface area contributed by atoms with Gasteiger partial charge in [-0.05, 0) is 24.1 Å². The Morgan fingerprint density at radius 3 is 2.39 bits per heavy atom. The Morgan fingerprint density at radius 1 is 1.22 bits per heavy atom. The van der Waals surface area contributed by atoms with Gasteiger partial charge in [0.1, 0.15) is 0 Å². The number of benzene rings is 1. The normalized spacial score (nSPS) is 12.3. The lowest BCUT2D eigenvalue weighted by molar-refractivity contribution is -0.384. The van der Waals surface area contributed by atoms with Crippen molar-refractivity contribution in [3.05, 3.63) is 61.3 Å². The minimum Gasteiger partial charge on any atom is -0.258 e. The third-order valence-electron chi connectivity index (χ3n) is 2.46. The van der Waals surface area contributed by atoms with Crippen molar-refractivity contribution >= 4 is 40.2 Å². The fourth-order valence-corrected chi connectivity index (χ4v) is 2.98. The van der Waals surface area contributed by atoms with Crippen LogP contribution in [0.3, 0.4) is 0 Å². The van der Waals surface area contributed by atoms with Crippen LogP contribution in [0.25, 0.3) is 0 Å². The smallest absolute Gasteiger partial charge is 0.258 e. The monoisotopic (exact) mass is 301 g/mol. The zero-order chi connectivity index (χ0) is 13.1. The van der Waals surface area contributed by atoms with Gasteiger partial charge < -0.3 is 0 Å². The maximum Gasteiger partial charge on any atom is 0.269 e. The number of hydrogen-bond acceptors (Lipinski definition) is 3. The van der Waals surface area contributed by atoms with Gasteiger partial charge in [0.25, 0.3) is 5.69 Å². The molecule has 1 atom stereocenters. The van der Waals surface area contributed by atoms with Crippen LogP contribution in [0.1, 0.15) is 15.8 Å². The van der Waals surface area contributed by atoms with Crippen molar-refractivity contribution in [2.24, 2.45) is 0 Å². The van der Waals surface area contributed by atoms with E-state index in [1.54, 1.807) is 12.1 Å². The Kier molecular flexibility index (Phi) is 4.22. The quantitative estimate of drug-likeness (QED) is 0.461. The molecule has 1 aromatic heterocycles. The SMILES string of the molecule is O=[N+]([O-])c1ccc(CC(Cl)c2ccc(Cl)s2)cc1. The van der Waals surface area contributed by atoms with Crippen LogP contribution in [0.2, 0.25) is 4.34 Å². The van der Waals surface area contributed by atoms with Gasteiger partial charge in [0.15, 0.2) is 0 Å². The second kappa shape index (κ2) is 5.69. The molecule has 2 rings (SSSR count). The van der Waals surface area contributed by atoms with E-state index in [1.807, 2.05) is 12.1 Å². The molecule has 0 N–H and O–H groups in total. The van der Waals surface area contributed by atoms with Crippen molar-refractivity contribution in [3.8, 4) is 0 Å². The Balaban J connectivity index is 2.07. The Hall–Kier alpha value is -1.10. The van der Waals surface area contributed by atoms with Gasteiger partial charge in [-0.15, -0.1) is 22.9 Å². The lowest BCUT2D eigenvalue weighted by Crippen LogP contribution is -1.94. The molecule has 2 aromatic rings. The maximum atomic E-state index is 10.5. The molecule has 6 heteroatoms. The highest BCUT2D eigenvalue weighted by Crippen LogP contribution is 2.33. The topological polar surface area (TPSA) is 43.1 Å². The summed E-state index contributed by atoms with van der Waals surface area (Å²) in [6.45, 7) is 0. The summed E-state index contributed by atoms with van der Waals surface area (Å²) in [6, 6.07) is 10.1. The van der Waals surface area contributed by atoms with Crippen LogP contribution >= 0.6 is 34.5 Å². The van der Waals surface area contributed by atoms with Crippen LogP contribution in [-0.2, 0) is 6.42 Å². The molecule has 0 bridgehead atoms. The summed E-state index contributed by atoms with van der Waals surface area (Å²) in [5, 5.41) is 10.4. The van der Waals surface area contributed by atoms with E-state index < -0.39 is 4.92 Å². The molecule has 0 amide bonds. The Morgan fingerprint density at radius 2 is 1.89 bits per heavy atom. The number of hydrogen-bond donors (Lipinski definition) is 0. The molecule has 0 aliphatic heterocycles. The molecule has 0 radical (unpaired) electrons. The van der Waals surface area contributed by atoms with Crippen molar-refractivity contribution in [2.45, 2.75) is 11.8 Å². The van der Waals surface area contributed by atoms with E-state index in [0.29, 0.717) is 10.8 Å². The van der Waals surface area contributed by atoms with Gasteiger partial charge in [0.05, 0.1) is 14.6 Å². The van der Waals surface area contributed by atoms with Crippen molar-refractivity contribution in [1.29, 1.82) is 0 Å². The molecular weight excluding hydrogens is 293 g/mol. The predicted molar refractivity (Wildman–Crippen MR) is 74.7 cm³/mol. The zero-order valence-electron chi connectivity index (χ0n) is 9.18. The van der Waals surface area contributed by atoms with Crippen LogP contribution in [0.15, 0.2) is 36.4 Å². The molecule has 18 heavy (non-hydrogen) atoms. The number of nitro benzene ring substituents is 1. The molecular formula is C12H9Cl2NO2S. The van der Waals surface area contributed by atoms with E-state index in [1.165, 1.54) is 23.5 Å². The summed E-state index contributed by atoms with van der Waals surface area (Å²) >= 11 is 13.6. The van der Waals surface area contributed by atoms with Crippen molar-refractivity contribution < 1.29 is 4.92 Å². The fourth-order valence-electron chi connectivity index (χ4n) is 1.56. The molecule has 94 valence electrons. The van der Waals surface area contributed by atoms with Crippen molar-refractivity contribution in [1.82, 2.24) is 0 Å². The minimum atomic E-state index is -0.416. The third kappa shape index (κ3) is 3.22. The first kappa shape index (κ1) is 13.3. The van der Waals surface area contributed by atoms with Gasteiger partial charge in [0, 0.05) is 17.0 Å². The van der Waals surface area contributed by atoms with Crippen LogP contribution in [0.4, 0.5) is 5.69 Å². The standard InChI is InChI=1S/C12H9Cl2NO2S/c13-10(11-5-6-12(14)18-11)7-8-1-3-9(4-2-8)15(16)17/h1-6,10H,7H2. The summed E-state index contributed by atoms with van der Waals surface area (Å²) < 4.78 is 0.708. The Labute approximate surface area is 118 Å². The van der Waals surface area contributed by atoms with Crippen molar-refractivity contribution in [3.63, 3.8) is 0 Å². The molecule has 0 aliphatic carbocycles. The first-order chi connectivity index (χ1) is 8.56. The van der Waals surface area contributed by atoms with Gasteiger partial charge in [0.2, 0.25) is 0 Å². The van der Waals surface area contributed by atoms with Crippen LogP contribution in [0.5, 0.6) is 0 Å². The second-order valence-electron chi connectivity index (χ2n) is 3.74. The van der Waals surface area contributed by atoms with E-state index >= 15 is 0 Å². The van der Waals surface area contributed by atoms with E-state index in [-0.39, 0.29) is 11.1 Å². The largest absolute Gasteiger partial charge is 0.269 e. The lowest BCUT2D eigenvalue weighted by atomic mass is 10.1. The summed E-state index contributed by atoms with van der Waals surface area (Å²) in [7, 11) is 0. The second-order valence-corrected chi connectivity index (χ2v) is 6.01. The molecule has 3 nitrogen and oxygen atoms in total. The van der Waals surface area contributed by atoms with Gasteiger partial charge in [-0.1, -0.05) is 23.7 Å². The number of halogens is 2. The molecule has 0 fully saturated rings. The molecule has 1 heterocycles. The van der Waals surface area contributed by atoms with Gasteiger partial charge in [-0.25, -0.2) is 0 Å². The van der Waals surface area contributed by atoms with E-state index in [9.17, 15) is 10.1 Å². The number of non-ortho nitro benzene ring substituents is 1. The average Bonchev–Trinajstić information content (AvgIpc) is 2.76. The summed E-state index contributed by atoms with van der Waals surface area (Å²) in [4.78, 5) is 11.1. The summed E-state index contributed by atoms with van der Waals surface area (Å²) in [6.07, 6.45) is 0.621. The highest BCUT2D eigenvalue weighted by Gasteiger charge is 2.12. The predicted octanol–water partition coefficient (Wildman–Crippen LogP) is 4.83. The van der Waals surface area contributed by atoms with Crippen molar-refractivity contribution in [2.75, 3.05) is 0 Å². The number of thiophene rings is 1. The number of nitro groups is 1. The summed E-state index contributed by atoms with van der Waals surface area (Å²) in [5.41, 5.74) is 1.05. The van der Waals surface area contributed by atoms with Crippen LogP contribution in [0, 0.1) is 10.1 Å². The number of alkyl halides is 1. The van der Waals surface area contributed by atoms with E-state index in [0.717, 1.165) is 10.4 Å².